The monoisotopic (exact) mass is 389 g/mol. The van der Waals surface area contributed by atoms with Crippen LogP contribution in [0.15, 0.2) is 61.1 Å². The molecular formula is C23H27N5O. The summed E-state index contributed by atoms with van der Waals surface area (Å²) in [5, 5.41) is 11.2. The zero-order chi connectivity index (χ0) is 19.9. The zero-order valence-electron chi connectivity index (χ0n) is 16.6. The van der Waals surface area contributed by atoms with Gasteiger partial charge in [-0.15, -0.1) is 0 Å². The van der Waals surface area contributed by atoms with Gasteiger partial charge in [-0.05, 0) is 37.1 Å². The van der Waals surface area contributed by atoms with Crippen molar-refractivity contribution in [2.24, 2.45) is 0 Å². The quantitative estimate of drug-likeness (QED) is 0.649. The van der Waals surface area contributed by atoms with Gasteiger partial charge < -0.3 is 10.6 Å². The number of amides is 1. The molecule has 3 aromatic rings. The second-order valence-corrected chi connectivity index (χ2v) is 7.52. The van der Waals surface area contributed by atoms with E-state index in [1.54, 1.807) is 12.4 Å². The maximum absolute atomic E-state index is 12.3. The fourth-order valence-corrected chi connectivity index (χ4v) is 3.84. The summed E-state index contributed by atoms with van der Waals surface area (Å²) in [5.74, 6) is 0.0674. The molecule has 1 aromatic carbocycles. The Labute approximate surface area is 171 Å². The second kappa shape index (κ2) is 9.47. The summed E-state index contributed by atoms with van der Waals surface area (Å²) in [6.45, 7) is 0.880. The predicted molar refractivity (Wildman–Crippen MR) is 114 cm³/mol. The fraction of sp³-hybridized carbons (Fsp3) is 0.348. The van der Waals surface area contributed by atoms with Crippen molar-refractivity contribution in [3.63, 3.8) is 0 Å². The maximum Gasteiger partial charge on any atom is 0.234 e. The van der Waals surface area contributed by atoms with E-state index in [2.05, 4.69) is 15.6 Å². The minimum Gasteiger partial charge on any atom is -0.352 e. The van der Waals surface area contributed by atoms with Crippen LogP contribution in [0.5, 0.6) is 0 Å². The van der Waals surface area contributed by atoms with Gasteiger partial charge in [-0.3, -0.25) is 9.78 Å². The van der Waals surface area contributed by atoms with Gasteiger partial charge in [-0.2, -0.15) is 5.10 Å². The number of hydrogen-bond donors (Lipinski definition) is 2. The number of pyridine rings is 1. The van der Waals surface area contributed by atoms with Crippen molar-refractivity contribution in [3.8, 4) is 16.9 Å². The molecule has 29 heavy (non-hydrogen) atoms. The van der Waals surface area contributed by atoms with Gasteiger partial charge >= 0.3 is 0 Å². The Morgan fingerprint density at radius 2 is 1.79 bits per heavy atom. The van der Waals surface area contributed by atoms with Crippen molar-refractivity contribution in [1.82, 2.24) is 25.4 Å². The van der Waals surface area contributed by atoms with Gasteiger partial charge in [0.1, 0.15) is 0 Å². The lowest BCUT2D eigenvalue weighted by Gasteiger charge is -2.22. The molecule has 1 amide bonds. The van der Waals surface area contributed by atoms with Crippen molar-refractivity contribution < 1.29 is 4.79 Å². The molecule has 0 bridgehead atoms. The lowest BCUT2D eigenvalue weighted by Crippen LogP contribution is -2.41. The van der Waals surface area contributed by atoms with Gasteiger partial charge in [0.05, 0.1) is 17.9 Å². The first-order valence-corrected chi connectivity index (χ1v) is 10.3. The summed E-state index contributed by atoms with van der Waals surface area (Å²) in [7, 11) is 0. The number of carbonyl (C=O) groups excluding carboxylic acids is 1. The Bertz CT molecular complexity index is 917. The van der Waals surface area contributed by atoms with Crippen LogP contribution in [0, 0.1) is 0 Å². The molecule has 0 unspecified atom stereocenters. The van der Waals surface area contributed by atoms with E-state index in [0.717, 1.165) is 35.3 Å². The number of aromatic nitrogens is 3. The molecule has 2 heterocycles. The van der Waals surface area contributed by atoms with Crippen molar-refractivity contribution in [3.05, 3.63) is 66.6 Å². The first-order valence-electron chi connectivity index (χ1n) is 10.3. The minimum atomic E-state index is 0.0674. The molecule has 1 fully saturated rings. The number of carbonyl (C=O) groups is 1. The van der Waals surface area contributed by atoms with Crippen LogP contribution in [0.1, 0.15) is 37.7 Å². The highest BCUT2D eigenvalue weighted by molar-refractivity contribution is 5.78. The summed E-state index contributed by atoms with van der Waals surface area (Å²) in [6.07, 6.45) is 11.5. The number of nitrogens with one attached hydrogen (secondary N) is 2. The van der Waals surface area contributed by atoms with Crippen LogP contribution in [0.4, 0.5) is 0 Å². The van der Waals surface area contributed by atoms with Crippen LogP contribution in [0.3, 0.4) is 0 Å². The first kappa shape index (κ1) is 19.3. The molecule has 2 aromatic heterocycles. The molecule has 4 rings (SSSR count). The largest absolute Gasteiger partial charge is 0.352 e. The van der Waals surface area contributed by atoms with Crippen LogP contribution in [0.2, 0.25) is 0 Å². The molecule has 6 nitrogen and oxygen atoms in total. The second-order valence-electron chi connectivity index (χ2n) is 7.52. The van der Waals surface area contributed by atoms with Crippen LogP contribution < -0.4 is 10.6 Å². The van der Waals surface area contributed by atoms with Crippen molar-refractivity contribution in [2.75, 3.05) is 6.54 Å². The average molecular weight is 390 g/mol. The van der Waals surface area contributed by atoms with E-state index in [4.69, 9.17) is 5.10 Å². The molecule has 0 aliphatic heterocycles. The van der Waals surface area contributed by atoms with Crippen LogP contribution in [0.25, 0.3) is 16.9 Å². The van der Waals surface area contributed by atoms with E-state index in [1.165, 1.54) is 19.3 Å². The summed E-state index contributed by atoms with van der Waals surface area (Å²) in [6, 6.07) is 14.3. The maximum atomic E-state index is 12.3. The third-order valence-electron chi connectivity index (χ3n) is 5.34. The van der Waals surface area contributed by atoms with E-state index < -0.39 is 0 Å². The number of benzene rings is 1. The van der Waals surface area contributed by atoms with Crippen LogP contribution >= 0.6 is 0 Å². The molecule has 6 heteroatoms. The number of para-hydroxylation sites is 1. The Balaban J connectivity index is 1.44. The highest BCUT2D eigenvalue weighted by Gasteiger charge is 2.16. The van der Waals surface area contributed by atoms with E-state index >= 15 is 0 Å². The smallest absolute Gasteiger partial charge is 0.234 e. The molecule has 0 atom stereocenters. The molecule has 0 radical (unpaired) electrons. The summed E-state index contributed by atoms with van der Waals surface area (Å²) in [5.41, 5.74) is 3.96. The van der Waals surface area contributed by atoms with Gasteiger partial charge in [0.15, 0.2) is 0 Å². The van der Waals surface area contributed by atoms with Gasteiger partial charge in [0.2, 0.25) is 5.91 Å². The summed E-state index contributed by atoms with van der Waals surface area (Å²) < 4.78 is 1.88. The summed E-state index contributed by atoms with van der Waals surface area (Å²) in [4.78, 5) is 16.4. The van der Waals surface area contributed by atoms with Gasteiger partial charge in [0, 0.05) is 42.3 Å². The predicted octanol–water partition coefficient (Wildman–Crippen LogP) is 3.47. The van der Waals surface area contributed by atoms with Gasteiger partial charge in [-0.1, -0.05) is 37.5 Å². The number of hydrogen-bond acceptors (Lipinski definition) is 4. The van der Waals surface area contributed by atoms with Crippen molar-refractivity contribution >= 4 is 5.91 Å². The van der Waals surface area contributed by atoms with E-state index in [0.29, 0.717) is 19.1 Å². The average Bonchev–Trinajstić information content (AvgIpc) is 3.20. The molecular weight excluding hydrogens is 362 g/mol. The van der Waals surface area contributed by atoms with Crippen LogP contribution in [-0.4, -0.2) is 33.3 Å². The fourth-order valence-electron chi connectivity index (χ4n) is 3.84. The Morgan fingerprint density at radius 3 is 2.55 bits per heavy atom. The Morgan fingerprint density at radius 1 is 1.03 bits per heavy atom. The lowest BCUT2D eigenvalue weighted by molar-refractivity contribution is -0.121. The standard InChI is InChI=1S/C23H27N5O/c29-22(26-20-7-3-1-4-8-20)16-25-15-19-17-28(21-9-5-2-6-10-21)27-23(19)18-11-13-24-14-12-18/h2,5-6,9-14,17,20,25H,1,3-4,7-8,15-16H2,(H,26,29). The van der Waals surface area contributed by atoms with E-state index in [9.17, 15) is 4.79 Å². The normalized spacial score (nSPS) is 14.6. The topological polar surface area (TPSA) is 71.8 Å². The minimum absolute atomic E-state index is 0.0674. The molecule has 0 saturated heterocycles. The highest BCUT2D eigenvalue weighted by Crippen LogP contribution is 2.23. The molecule has 150 valence electrons. The lowest BCUT2D eigenvalue weighted by atomic mass is 9.95. The van der Waals surface area contributed by atoms with Gasteiger partial charge in [-0.25, -0.2) is 4.68 Å². The molecule has 1 aliphatic carbocycles. The van der Waals surface area contributed by atoms with Crippen molar-refractivity contribution in [2.45, 2.75) is 44.7 Å². The Kier molecular flexibility index (Phi) is 6.32. The molecule has 2 N–H and O–H groups in total. The van der Waals surface area contributed by atoms with E-state index in [-0.39, 0.29) is 5.91 Å². The van der Waals surface area contributed by atoms with Crippen LogP contribution in [-0.2, 0) is 11.3 Å². The van der Waals surface area contributed by atoms with Crippen molar-refractivity contribution in [1.29, 1.82) is 0 Å². The number of nitrogens with zero attached hydrogens (tertiary/aromatic N) is 3. The first-order chi connectivity index (χ1) is 14.3. The number of rotatable bonds is 7. The molecule has 1 saturated carbocycles. The van der Waals surface area contributed by atoms with E-state index in [1.807, 2.05) is 53.3 Å². The third-order valence-corrected chi connectivity index (χ3v) is 5.34. The Hall–Kier alpha value is -2.99. The highest BCUT2D eigenvalue weighted by atomic mass is 16.1. The van der Waals surface area contributed by atoms with Gasteiger partial charge in [0.25, 0.3) is 0 Å². The SMILES string of the molecule is O=C(CNCc1cn(-c2ccccc2)nc1-c1ccncc1)NC1CCCCC1. The third kappa shape index (κ3) is 5.09. The molecule has 0 spiro atoms. The summed E-state index contributed by atoms with van der Waals surface area (Å²) >= 11 is 0. The zero-order valence-corrected chi connectivity index (χ0v) is 16.6. The molecule has 1 aliphatic rings.